The summed E-state index contributed by atoms with van der Waals surface area (Å²) in [4.78, 5) is 0. The van der Waals surface area contributed by atoms with E-state index in [2.05, 4.69) is 11.4 Å². The molecule has 1 fully saturated rings. The minimum absolute atomic E-state index is 0.339. The van der Waals surface area contributed by atoms with Crippen molar-refractivity contribution < 1.29 is 8.42 Å². The van der Waals surface area contributed by atoms with E-state index >= 15 is 0 Å². The molecule has 0 aliphatic carbocycles. The molecule has 0 atom stereocenters. The molecule has 1 aliphatic heterocycles. The van der Waals surface area contributed by atoms with Crippen LogP contribution in [0, 0.1) is 11.3 Å². The molecular weight excluding hydrogens is 286 g/mol. The zero-order valence-electron chi connectivity index (χ0n) is 11.8. The summed E-state index contributed by atoms with van der Waals surface area (Å²) in [5, 5.41) is 13.3. The predicted octanol–water partition coefficient (Wildman–Crippen LogP) is 1.79. The van der Waals surface area contributed by atoms with Gasteiger partial charge in [0.15, 0.2) is 0 Å². The second kappa shape index (κ2) is 5.17. The lowest BCUT2D eigenvalue weighted by Gasteiger charge is -2.22. The Kier molecular flexibility index (Phi) is 3.47. The fraction of sp³-hybridized carbons (Fsp3) is 0.400. The molecule has 5 nitrogen and oxygen atoms in total. The van der Waals surface area contributed by atoms with Gasteiger partial charge in [-0.3, -0.25) is 0 Å². The van der Waals surface area contributed by atoms with Crippen molar-refractivity contribution in [3.8, 4) is 6.07 Å². The fourth-order valence-electron chi connectivity index (χ4n) is 3.03. The summed E-state index contributed by atoms with van der Waals surface area (Å²) in [7, 11) is -3.35. The summed E-state index contributed by atoms with van der Waals surface area (Å²) in [6, 6.07) is 7.31. The van der Waals surface area contributed by atoms with Crippen LogP contribution in [-0.4, -0.2) is 31.7 Å². The highest BCUT2D eigenvalue weighted by Gasteiger charge is 2.22. The molecule has 0 radical (unpaired) electrons. The van der Waals surface area contributed by atoms with Gasteiger partial charge in [-0.25, -0.2) is 12.4 Å². The number of hydrogen-bond donors (Lipinski definition) is 1. The second-order valence-corrected chi connectivity index (χ2v) is 7.37. The smallest absolute Gasteiger partial charge is 0.236 e. The largest absolute Gasteiger partial charge is 0.317 e. The summed E-state index contributed by atoms with van der Waals surface area (Å²) in [6.07, 6.45) is 4.91. The monoisotopic (exact) mass is 303 g/mol. The molecule has 1 aromatic heterocycles. The van der Waals surface area contributed by atoms with Crippen LogP contribution >= 0.6 is 0 Å². The van der Waals surface area contributed by atoms with Crippen LogP contribution in [0.25, 0.3) is 10.9 Å². The van der Waals surface area contributed by atoms with Gasteiger partial charge in [0.2, 0.25) is 10.0 Å². The number of fused-ring (bicyclic) bond motifs is 1. The second-order valence-electron chi connectivity index (χ2n) is 5.51. The number of nitrogens with zero attached hydrogens (tertiary/aromatic N) is 2. The Bertz CT molecular complexity index is 824. The molecule has 0 amide bonds. The van der Waals surface area contributed by atoms with Gasteiger partial charge in [0.25, 0.3) is 0 Å². The molecule has 6 heteroatoms. The number of nitriles is 1. The first-order valence-corrected chi connectivity index (χ1v) is 8.82. The quantitative estimate of drug-likeness (QED) is 0.918. The van der Waals surface area contributed by atoms with E-state index in [-0.39, 0.29) is 0 Å². The Hall–Kier alpha value is -1.84. The minimum Gasteiger partial charge on any atom is -0.317 e. The standard InChI is InChI=1S/C15H17N3O2S/c1-21(19,20)18-10-14(12-4-6-17-7-5-12)13-8-11(9-16)2-3-15(13)18/h2-3,8,10,12,17H,4-7H2,1H3. The van der Waals surface area contributed by atoms with Crippen LogP contribution in [0.15, 0.2) is 24.4 Å². The summed E-state index contributed by atoms with van der Waals surface area (Å²) in [5.41, 5.74) is 2.25. The van der Waals surface area contributed by atoms with Gasteiger partial charge in [-0.2, -0.15) is 5.26 Å². The van der Waals surface area contributed by atoms with E-state index in [0.29, 0.717) is 17.0 Å². The van der Waals surface area contributed by atoms with Crippen molar-refractivity contribution in [2.45, 2.75) is 18.8 Å². The number of rotatable bonds is 2. The Balaban J connectivity index is 2.25. The summed E-state index contributed by atoms with van der Waals surface area (Å²) in [5.74, 6) is 0.339. The first kappa shape index (κ1) is 14.1. The van der Waals surface area contributed by atoms with E-state index in [1.54, 1.807) is 24.4 Å². The van der Waals surface area contributed by atoms with Crippen LogP contribution in [0.4, 0.5) is 0 Å². The molecule has 0 unspecified atom stereocenters. The average Bonchev–Trinajstić information content (AvgIpc) is 2.86. The molecular formula is C15H17N3O2S. The van der Waals surface area contributed by atoms with E-state index in [1.807, 2.05) is 0 Å². The molecule has 1 saturated heterocycles. The van der Waals surface area contributed by atoms with Crippen LogP contribution in [0.1, 0.15) is 29.9 Å². The molecule has 0 saturated carbocycles. The molecule has 1 aromatic carbocycles. The lowest BCUT2D eigenvalue weighted by molar-refractivity contribution is 0.462. The number of nitrogens with one attached hydrogen (secondary N) is 1. The maximum absolute atomic E-state index is 12.0. The van der Waals surface area contributed by atoms with E-state index in [4.69, 9.17) is 5.26 Å². The Morgan fingerprint density at radius 1 is 1.33 bits per heavy atom. The van der Waals surface area contributed by atoms with Gasteiger partial charge in [-0.15, -0.1) is 0 Å². The van der Waals surface area contributed by atoms with Crippen molar-refractivity contribution in [1.29, 1.82) is 5.26 Å². The lowest BCUT2D eigenvalue weighted by atomic mass is 9.90. The van der Waals surface area contributed by atoms with Crippen LogP contribution < -0.4 is 5.32 Å². The first-order valence-electron chi connectivity index (χ1n) is 6.97. The maximum Gasteiger partial charge on any atom is 0.236 e. The number of aromatic nitrogens is 1. The molecule has 0 bridgehead atoms. The summed E-state index contributed by atoms with van der Waals surface area (Å²) >= 11 is 0. The molecule has 110 valence electrons. The summed E-state index contributed by atoms with van der Waals surface area (Å²) < 4.78 is 25.3. The van der Waals surface area contributed by atoms with Crippen molar-refractivity contribution in [1.82, 2.24) is 9.29 Å². The van der Waals surface area contributed by atoms with Gasteiger partial charge in [-0.1, -0.05) is 0 Å². The van der Waals surface area contributed by atoms with Crippen LogP contribution in [-0.2, 0) is 10.0 Å². The van der Waals surface area contributed by atoms with E-state index in [9.17, 15) is 8.42 Å². The van der Waals surface area contributed by atoms with Gasteiger partial charge < -0.3 is 5.32 Å². The van der Waals surface area contributed by atoms with Gasteiger partial charge in [0, 0.05) is 11.6 Å². The topological polar surface area (TPSA) is 74.9 Å². The number of benzene rings is 1. The van der Waals surface area contributed by atoms with E-state index < -0.39 is 10.0 Å². The zero-order chi connectivity index (χ0) is 15.0. The van der Waals surface area contributed by atoms with Gasteiger partial charge in [0.1, 0.15) is 0 Å². The number of hydrogen-bond acceptors (Lipinski definition) is 4. The Morgan fingerprint density at radius 2 is 2.05 bits per heavy atom. The van der Waals surface area contributed by atoms with Crippen LogP contribution in [0.3, 0.4) is 0 Å². The molecule has 0 spiro atoms. The highest BCUT2D eigenvalue weighted by molar-refractivity contribution is 7.89. The first-order chi connectivity index (χ1) is 10.0. The number of piperidine rings is 1. The normalized spacial score (nSPS) is 17.0. The molecule has 21 heavy (non-hydrogen) atoms. The maximum atomic E-state index is 12.0. The third-order valence-electron chi connectivity index (χ3n) is 4.07. The average molecular weight is 303 g/mol. The van der Waals surface area contributed by atoms with E-state index in [0.717, 1.165) is 36.9 Å². The van der Waals surface area contributed by atoms with Crippen LogP contribution in [0.2, 0.25) is 0 Å². The fourth-order valence-corrected chi connectivity index (χ4v) is 3.85. The van der Waals surface area contributed by atoms with Crippen molar-refractivity contribution >= 4 is 20.9 Å². The molecule has 1 N–H and O–H groups in total. The molecule has 2 heterocycles. The highest BCUT2D eigenvalue weighted by atomic mass is 32.2. The van der Waals surface area contributed by atoms with Crippen LogP contribution in [0.5, 0.6) is 0 Å². The van der Waals surface area contributed by atoms with Crippen molar-refractivity contribution in [2.24, 2.45) is 0 Å². The third kappa shape index (κ3) is 2.55. The van der Waals surface area contributed by atoms with E-state index in [1.165, 1.54) is 10.2 Å². The molecule has 2 aromatic rings. The molecule has 3 rings (SSSR count). The van der Waals surface area contributed by atoms with Crippen molar-refractivity contribution in [3.63, 3.8) is 0 Å². The Labute approximate surface area is 124 Å². The van der Waals surface area contributed by atoms with Gasteiger partial charge >= 0.3 is 0 Å². The zero-order valence-corrected chi connectivity index (χ0v) is 12.7. The SMILES string of the molecule is CS(=O)(=O)n1cc(C2CCNCC2)c2cc(C#N)ccc21. The van der Waals surface area contributed by atoms with Gasteiger partial charge in [-0.05, 0) is 55.6 Å². The highest BCUT2D eigenvalue weighted by Crippen LogP contribution is 2.34. The predicted molar refractivity (Wildman–Crippen MR) is 81.7 cm³/mol. The van der Waals surface area contributed by atoms with Crippen molar-refractivity contribution in [2.75, 3.05) is 19.3 Å². The third-order valence-corrected chi connectivity index (χ3v) is 5.08. The lowest BCUT2D eigenvalue weighted by Crippen LogP contribution is -2.26. The Morgan fingerprint density at radius 3 is 2.67 bits per heavy atom. The van der Waals surface area contributed by atoms with Crippen molar-refractivity contribution in [3.05, 3.63) is 35.5 Å². The summed E-state index contributed by atoms with van der Waals surface area (Å²) in [6.45, 7) is 1.88. The van der Waals surface area contributed by atoms with Gasteiger partial charge in [0.05, 0.1) is 23.4 Å². The minimum atomic E-state index is -3.35. The molecule has 1 aliphatic rings.